The zero-order valence-corrected chi connectivity index (χ0v) is 17.0. The largest absolute Gasteiger partial charge is 0.465 e. The summed E-state index contributed by atoms with van der Waals surface area (Å²) in [5.74, 6) is 0.857. The number of aromatic nitrogens is 4. The van der Waals surface area contributed by atoms with Gasteiger partial charge in [-0.1, -0.05) is 43.0 Å². The number of rotatable bonds is 6. The Balaban J connectivity index is 1.71. The fourth-order valence-corrected chi connectivity index (χ4v) is 4.15. The first-order valence-corrected chi connectivity index (χ1v) is 10.3. The molecule has 7 nitrogen and oxygen atoms in total. The summed E-state index contributed by atoms with van der Waals surface area (Å²) in [6.07, 6.45) is 0.829. The van der Waals surface area contributed by atoms with Crippen LogP contribution in [0.2, 0.25) is 0 Å². The second-order valence-electron chi connectivity index (χ2n) is 6.57. The second kappa shape index (κ2) is 8.08. The summed E-state index contributed by atoms with van der Waals surface area (Å²) in [4.78, 5) is 24.4. The minimum absolute atomic E-state index is 0.0442. The average molecular weight is 408 g/mol. The molecule has 29 heavy (non-hydrogen) atoms. The molecule has 0 bridgehead atoms. The van der Waals surface area contributed by atoms with E-state index in [-0.39, 0.29) is 11.5 Å². The molecule has 0 aliphatic carbocycles. The molecule has 148 valence electrons. The number of carbonyl (C=O) groups is 1. The lowest BCUT2D eigenvalue weighted by Gasteiger charge is -2.10. The van der Waals surface area contributed by atoms with Gasteiger partial charge in [0.15, 0.2) is 5.16 Å². The molecule has 0 saturated carbocycles. The van der Waals surface area contributed by atoms with Gasteiger partial charge < -0.3 is 4.74 Å². The highest BCUT2D eigenvalue weighted by Gasteiger charge is 2.16. The van der Waals surface area contributed by atoms with Crippen LogP contribution in [0.5, 0.6) is 0 Å². The van der Waals surface area contributed by atoms with Crippen molar-refractivity contribution >= 4 is 34.4 Å². The highest BCUT2D eigenvalue weighted by Crippen LogP contribution is 2.25. The number of para-hydroxylation sites is 1. The van der Waals surface area contributed by atoms with E-state index in [2.05, 4.69) is 10.2 Å². The SMILES string of the molecule is CCCn1c(=O)c2ccccc2n2c(SCc3ccc(C(=O)OC)cc3)nnc12. The quantitative estimate of drug-likeness (QED) is 0.359. The van der Waals surface area contributed by atoms with E-state index in [1.807, 2.05) is 47.7 Å². The zero-order valence-electron chi connectivity index (χ0n) is 16.2. The van der Waals surface area contributed by atoms with E-state index in [4.69, 9.17) is 4.74 Å². The fourth-order valence-electron chi connectivity index (χ4n) is 3.26. The summed E-state index contributed by atoms with van der Waals surface area (Å²) >= 11 is 1.53. The molecule has 0 aliphatic rings. The van der Waals surface area contributed by atoms with Crippen molar-refractivity contribution in [2.75, 3.05) is 7.11 Å². The number of hydrogen-bond donors (Lipinski definition) is 0. The van der Waals surface area contributed by atoms with Gasteiger partial charge in [-0.3, -0.25) is 13.8 Å². The Kier molecular flexibility index (Phi) is 5.35. The molecule has 2 aromatic heterocycles. The van der Waals surface area contributed by atoms with E-state index >= 15 is 0 Å². The van der Waals surface area contributed by atoms with Crippen LogP contribution in [0.4, 0.5) is 0 Å². The lowest BCUT2D eigenvalue weighted by Crippen LogP contribution is -2.23. The summed E-state index contributed by atoms with van der Waals surface area (Å²) in [6, 6.07) is 14.8. The molecule has 0 amide bonds. The minimum Gasteiger partial charge on any atom is -0.465 e. The molecular formula is C21H20N4O3S. The Morgan fingerprint density at radius 1 is 1.10 bits per heavy atom. The van der Waals surface area contributed by atoms with Gasteiger partial charge in [0.2, 0.25) is 5.78 Å². The number of methoxy groups -OCH3 is 1. The van der Waals surface area contributed by atoms with Crippen LogP contribution in [-0.2, 0) is 17.0 Å². The third-order valence-corrected chi connectivity index (χ3v) is 5.67. The summed E-state index contributed by atoms with van der Waals surface area (Å²) in [7, 11) is 1.37. The highest BCUT2D eigenvalue weighted by molar-refractivity contribution is 7.98. The van der Waals surface area contributed by atoms with Gasteiger partial charge in [-0.2, -0.15) is 0 Å². The summed E-state index contributed by atoms with van der Waals surface area (Å²) in [5.41, 5.74) is 2.32. The smallest absolute Gasteiger partial charge is 0.337 e. The Morgan fingerprint density at radius 2 is 1.86 bits per heavy atom. The predicted molar refractivity (Wildman–Crippen MR) is 112 cm³/mol. The van der Waals surface area contributed by atoms with Crippen molar-refractivity contribution in [1.29, 1.82) is 0 Å². The first kappa shape index (κ1) is 19.2. The van der Waals surface area contributed by atoms with Crippen molar-refractivity contribution in [3.05, 3.63) is 70.0 Å². The first-order chi connectivity index (χ1) is 14.1. The van der Waals surface area contributed by atoms with E-state index in [1.165, 1.54) is 18.9 Å². The number of nitrogens with zero attached hydrogens (tertiary/aromatic N) is 4. The maximum absolute atomic E-state index is 12.9. The van der Waals surface area contributed by atoms with Crippen molar-refractivity contribution in [3.8, 4) is 0 Å². The number of aryl methyl sites for hydroxylation is 1. The summed E-state index contributed by atoms with van der Waals surface area (Å²) in [6.45, 7) is 2.62. The van der Waals surface area contributed by atoms with E-state index < -0.39 is 0 Å². The van der Waals surface area contributed by atoms with E-state index in [0.717, 1.165) is 22.7 Å². The molecule has 2 heterocycles. The Bertz CT molecular complexity index is 1240. The minimum atomic E-state index is -0.354. The molecule has 0 saturated heterocycles. The van der Waals surface area contributed by atoms with Crippen LogP contribution in [0, 0.1) is 0 Å². The molecule has 4 aromatic rings. The van der Waals surface area contributed by atoms with Crippen LogP contribution >= 0.6 is 11.8 Å². The number of ether oxygens (including phenoxy) is 1. The van der Waals surface area contributed by atoms with Gasteiger partial charge in [0.05, 0.1) is 23.6 Å². The van der Waals surface area contributed by atoms with Crippen molar-refractivity contribution in [3.63, 3.8) is 0 Å². The number of fused-ring (bicyclic) bond motifs is 3. The maximum Gasteiger partial charge on any atom is 0.337 e. The fraction of sp³-hybridized carbons (Fsp3) is 0.238. The average Bonchev–Trinajstić information content (AvgIpc) is 3.19. The molecule has 0 aliphatic heterocycles. The Hall–Kier alpha value is -3.13. The first-order valence-electron chi connectivity index (χ1n) is 9.30. The van der Waals surface area contributed by atoms with Gasteiger partial charge in [-0.25, -0.2) is 4.79 Å². The summed E-state index contributed by atoms with van der Waals surface area (Å²) in [5, 5.41) is 10.0. The molecule has 0 spiro atoms. The van der Waals surface area contributed by atoms with Gasteiger partial charge in [-0.05, 0) is 36.2 Å². The van der Waals surface area contributed by atoms with Gasteiger partial charge in [-0.15, -0.1) is 10.2 Å². The van der Waals surface area contributed by atoms with Gasteiger partial charge in [0.25, 0.3) is 5.56 Å². The van der Waals surface area contributed by atoms with Crippen LogP contribution in [-0.4, -0.2) is 32.2 Å². The number of hydrogen-bond acceptors (Lipinski definition) is 6. The third kappa shape index (κ3) is 3.51. The van der Waals surface area contributed by atoms with E-state index in [9.17, 15) is 9.59 Å². The predicted octanol–water partition coefficient (Wildman–Crippen LogP) is 3.53. The standard InChI is InChI=1S/C21H20N4O3S/c1-3-12-24-18(26)16-6-4-5-7-17(16)25-20(24)22-23-21(25)29-13-14-8-10-15(11-9-14)19(27)28-2/h4-11H,3,12-13H2,1-2H3. The lowest BCUT2D eigenvalue weighted by molar-refractivity contribution is 0.0600. The monoisotopic (exact) mass is 408 g/mol. The lowest BCUT2D eigenvalue weighted by atomic mass is 10.1. The normalized spacial score (nSPS) is 11.2. The van der Waals surface area contributed by atoms with E-state index in [1.54, 1.807) is 16.7 Å². The van der Waals surface area contributed by atoms with E-state index in [0.29, 0.717) is 29.0 Å². The van der Waals surface area contributed by atoms with Crippen LogP contribution in [0.1, 0.15) is 29.3 Å². The van der Waals surface area contributed by atoms with Crippen molar-refractivity contribution < 1.29 is 9.53 Å². The Labute approximate surface area is 171 Å². The van der Waals surface area contributed by atoms with Crippen molar-refractivity contribution in [2.45, 2.75) is 30.8 Å². The zero-order chi connectivity index (χ0) is 20.4. The number of esters is 1. The van der Waals surface area contributed by atoms with Gasteiger partial charge >= 0.3 is 5.97 Å². The molecule has 0 atom stereocenters. The third-order valence-electron chi connectivity index (χ3n) is 4.67. The molecule has 0 radical (unpaired) electrons. The molecule has 8 heteroatoms. The van der Waals surface area contributed by atoms with Crippen LogP contribution in [0.15, 0.2) is 58.5 Å². The highest BCUT2D eigenvalue weighted by atomic mass is 32.2. The maximum atomic E-state index is 12.9. The number of carbonyl (C=O) groups excluding carboxylic acids is 1. The number of benzene rings is 2. The van der Waals surface area contributed by atoms with Gasteiger partial charge in [0.1, 0.15) is 0 Å². The van der Waals surface area contributed by atoms with Crippen molar-refractivity contribution in [2.24, 2.45) is 0 Å². The molecule has 0 fully saturated rings. The van der Waals surface area contributed by atoms with Gasteiger partial charge in [0, 0.05) is 12.3 Å². The van der Waals surface area contributed by atoms with Crippen LogP contribution in [0.3, 0.4) is 0 Å². The molecular weight excluding hydrogens is 388 g/mol. The molecule has 4 rings (SSSR count). The molecule has 2 aromatic carbocycles. The van der Waals surface area contributed by atoms with Crippen LogP contribution in [0.25, 0.3) is 16.7 Å². The summed E-state index contributed by atoms with van der Waals surface area (Å²) < 4.78 is 8.36. The Morgan fingerprint density at radius 3 is 2.59 bits per heavy atom. The van der Waals surface area contributed by atoms with Crippen LogP contribution < -0.4 is 5.56 Å². The molecule has 0 unspecified atom stereocenters. The topological polar surface area (TPSA) is 78.5 Å². The number of thioether (sulfide) groups is 1. The second-order valence-corrected chi connectivity index (χ2v) is 7.51. The molecule has 0 N–H and O–H groups in total. The van der Waals surface area contributed by atoms with Crippen molar-refractivity contribution in [1.82, 2.24) is 19.2 Å².